The van der Waals surface area contributed by atoms with Gasteiger partial charge in [0.25, 0.3) is 5.91 Å². The summed E-state index contributed by atoms with van der Waals surface area (Å²) in [7, 11) is 3.40. The number of aromatic nitrogens is 1. The summed E-state index contributed by atoms with van der Waals surface area (Å²) in [5.74, 6) is 1.44. The van der Waals surface area contributed by atoms with Crippen LogP contribution in [0, 0.1) is 0 Å². The molecule has 0 atom stereocenters. The van der Waals surface area contributed by atoms with Gasteiger partial charge < -0.3 is 14.1 Å². The number of rotatable bonds is 5. The summed E-state index contributed by atoms with van der Waals surface area (Å²) < 4.78 is 10.6. The number of methoxy groups -OCH3 is 1. The second-order valence-corrected chi connectivity index (χ2v) is 6.54. The molecule has 0 fully saturated rings. The molecule has 0 N–H and O–H groups in total. The van der Waals surface area contributed by atoms with Crippen LogP contribution in [0.1, 0.15) is 16.1 Å². The number of ether oxygens (including phenoxy) is 1. The number of hydrogen-bond donors (Lipinski definition) is 0. The lowest BCUT2D eigenvalue weighted by atomic mass is 10.0. The van der Waals surface area contributed by atoms with E-state index in [4.69, 9.17) is 14.1 Å². The Kier molecular flexibility index (Phi) is 4.81. The fraction of sp³-hybridized carbons (Fsp3) is 0.130. The first-order valence-electron chi connectivity index (χ1n) is 8.98. The van der Waals surface area contributed by atoms with Crippen LogP contribution in [-0.4, -0.2) is 29.9 Å². The average molecular weight is 372 g/mol. The number of hydrogen-bond acceptors (Lipinski definition) is 4. The van der Waals surface area contributed by atoms with E-state index in [1.165, 1.54) is 0 Å². The Morgan fingerprint density at radius 1 is 1.07 bits per heavy atom. The van der Waals surface area contributed by atoms with Gasteiger partial charge in [-0.3, -0.25) is 4.79 Å². The van der Waals surface area contributed by atoms with E-state index in [-0.39, 0.29) is 5.91 Å². The molecule has 0 aliphatic heterocycles. The van der Waals surface area contributed by atoms with Crippen LogP contribution in [0.15, 0.2) is 77.4 Å². The van der Waals surface area contributed by atoms with Crippen molar-refractivity contribution in [3.05, 3.63) is 84.3 Å². The SMILES string of the molecule is COc1ccc(-c2cc(C(=O)N(C)Cc3ccco3)c3ccccc3n2)cc1. The van der Waals surface area contributed by atoms with Crippen LogP contribution in [0.2, 0.25) is 0 Å². The molecule has 4 rings (SSSR count). The lowest BCUT2D eigenvalue weighted by molar-refractivity contribution is 0.0777. The summed E-state index contributed by atoms with van der Waals surface area (Å²) in [4.78, 5) is 19.6. The van der Waals surface area contributed by atoms with Gasteiger partial charge in [-0.2, -0.15) is 0 Å². The summed E-state index contributed by atoms with van der Waals surface area (Å²) >= 11 is 0. The highest BCUT2D eigenvalue weighted by Gasteiger charge is 2.18. The molecule has 28 heavy (non-hydrogen) atoms. The second-order valence-electron chi connectivity index (χ2n) is 6.54. The number of carbonyl (C=O) groups excluding carboxylic acids is 1. The van der Waals surface area contributed by atoms with Gasteiger partial charge in [0, 0.05) is 18.0 Å². The van der Waals surface area contributed by atoms with Gasteiger partial charge in [0.15, 0.2) is 0 Å². The maximum absolute atomic E-state index is 13.2. The van der Waals surface area contributed by atoms with E-state index in [1.807, 2.05) is 66.7 Å². The Bertz CT molecular complexity index is 1100. The van der Waals surface area contributed by atoms with E-state index < -0.39 is 0 Å². The number of nitrogens with zero attached hydrogens (tertiary/aromatic N) is 2. The zero-order valence-corrected chi connectivity index (χ0v) is 15.8. The van der Waals surface area contributed by atoms with E-state index in [0.717, 1.165) is 33.7 Å². The monoisotopic (exact) mass is 372 g/mol. The van der Waals surface area contributed by atoms with Crippen molar-refractivity contribution in [2.45, 2.75) is 6.54 Å². The number of amides is 1. The van der Waals surface area contributed by atoms with Gasteiger partial charge in [-0.15, -0.1) is 0 Å². The van der Waals surface area contributed by atoms with Crippen molar-refractivity contribution in [2.75, 3.05) is 14.2 Å². The van der Waals surface area contributed by atoms with Crippen molar-refractivity contribution in [2.24, 2.45) is 0 Å². The fourth-order valence-corrected chi connectivity index (χ4v) is 3.18. The molecule has 0 spiro atoms. The molecular weight excluding hydrogens is 352 g/mol. The second kappa shape index (κ2) is 7.56. The molecule has 4 aromatic rings. The molecular formula is C23H20N2O3. The van der Waals surface area contributed by atoms with Crippen LogP contribution >= 0.6 is 0 Å². The third-order valence-electron chi connectivity index (χ3n) is 4.65. The van der Waals surface area contributed by atoms with E-state index in [1.54, 1.807) is 25.3 Å². The largest absolute Gasteiger partial charge is 0.497 e. The Morgan fingerprint density at radius 3 is 2.57 bits per heavy atom. The number of para-hydroxylation sites is 1. The molecule has 2 aromatic carbocycles. The molecule has 0 bridgehead atoms. The smallest absolute Gasteiger partial charge is 0.254 e. The predicted octanol–water partition coefficient (Wildman–Crippen LogP) is 4.78. The van der Waals surface area contributed by atoms with Crippen LogP contribution in [0.5, 0.6) is 5.75 Å². The first-order valence-corrected chi connectivity index (χ1v) is 8.98. The number of pyridine rings is 1. The van der Waals surface area contributed by atoms with Crippen molar-refractivity contribution in [3.8, 4) is 17.0 Å². The zero-order chi connectivity index (χ0) is 19.5. The third-order valence-corrected chi connectivity index (χ3v) is 4.65. The maximum Gasteiger partial charge on any atom is 0.254 e. The lowest BCUT2D eigenvalue weighted by Gasteiger charge is -2.18. The van der Waals surface area contributed by atoms with Crippen molar-refractivity contribution >= 4 is 16.8 Å². The van der Waals surface area contributed by atoms with Crippen molar-refractivity contribution in [1.29, 1.82) is 0 Å². The minimum absolute atomic E-state index is 0.0789. The fourth-order valence-electron chi connectivity index (χ4n) is 3.18. The summed E-state index contributed by atoms with van der Waals surface area (Å²) in [6.45, 7) is 0.403. The first kappa shape index (κ1) is 17.8. The molecule has 0 saturated heterocycles. The lowest BCUT2D eigenvalue weighted by Crippen LogP contribution is -2.26. The third kappa shape index (κ3) is 3.47. The molecule has 2 heterocycles. The number of benzene rings is 2. The molecule has 2 aromatic heterocycles. The molecule has 1 amide bonds. The van der Waals surface area contributed by atoms with Crippen LogP contribution in [0.25, 0.3) is 22.2 Å². The summed E-state index contributed by atoms with van der Waals surface area (Å²) in [6, 6.07) is 20.9. The van der Waals surface area contributed by atoms with Gasteiger partial charge in [0.1, 0.15) is 11.5 Å². The standard InChI is InChI=1S/C23H20N2O3/c1-25(15-18-6-5-13-28-18)23(26)20-14-22(16-9-11-17(27-2)12-10-16)24-21-8-4-3-7-19(20)21/h3-14H,15H2,1-2H3. The molecule has 0 aliphatic rings. The Morgan fingerprint density at radius 2 is 1.86 bits per heavy atom. The van der Waals surface area contributed by atoms with Gasteiger partial charge in [0.05, 0.1) is 36.7 Å². The number of fused-ring (bicyclic) bond motifs is 1. The molecule has 0 radical (unpaired) electrons. The Hall–Kier alpha value is -3.60. The zero-order valence-electron chi connectivity index (χ0n) is 15.8. The van der Waals surface area contributed by atoms with E-state index in [2.05, 4.69) is 0 Å². The quantitative estimate of drug-likeness (QED) is 0.506. The van der Waals surface area contributed by atoms with Gasteiger partial charge >= 0.3 is 0 Å². The number of furan rings is 1. The molecule has 0 saturated carbocycles. The van der Waals surface area contributed by atoms with E-state index >= 15 is 0 Å². The number of carbonyl (C=O) groups is 1. The van der Waals surface area contributed by atoms with Crippen molar-refractivity contribution in [3.63, 3.8) is 0 Å². The molecule has 140 valence electrons. The minimum Gasteiger partial charge on any atom is -0.497 e. The van der Waals surface area contributed by atoms with Crippen LogP contribution in [0.3, 0.4) is 0 Å². The molecule has 0 aliphatic carbocycles. The molecule has 5 heteroatoms. The Labute approximate surface area is 163 Å². The summed E-state index contributed by atoms with van der Waals surface area (Å²) in [5.41, 5.74) is 3.07. The van der Waals surface area contributed by atoms with Gasteiger partial charge in [-0.1, -0.05) is 18.2 Å². The molecule has 5 nitrogen and oxygen atoms in total. The van der Waals surface area contributed by atoms with E-state index in [0.29, 0.717) is 12.1 Å². The topological polar surface area (TPSA) is 55.6 Å². The normalized spacial score (nSPS) is 10.8. The summed E-state index contributed by atoms with van der Waals surface area (Å²) in [6.07, 6.45) is 1.61. The maximum atomic E-state index is 13.2. The van der Waals surface area contributed by atoms with E-state index in [9.17, 15) is 4.79 Å². The highest BCUT2D eigenvalue weighted by Crippen LogP contribution is 2.27. The first-order chi connectivity index (χ1) is 13.7. The average Bonchev–Trinajstić information content (AvgIpc) is 3.25. The van der Waals surface area contributed by atoms with Crippen molar-refractivity contribution in [1.82, 2.24) is 9.88 Å². The van der Waals surface area contributed by atoms with Crippen molar-refractivity contribution < 1.29 is 13.9 Å². The summed E-state index contributed by atoms with van der Waals surface area (Å²) in [5, 5.41) is 0.830. The van der Waals surface area contributed by atoms with Crippen LogP contribution < -0.4 is 4.74 Å². The minimum atomic E-state index is -0.0789. The predicted molar refractivity (Wildman–Crippen MR) is 108 cm³/mol. The Balaban J connectivity index is 1.76. The van der Waals surface area contributed by atoms with Crippen LogP contribution in [0.4, 0.5) is 0 Å². The van der Waals surface area contributed by atoms with Crippen LogP contribution in [-0.2, 0) is 6.54 Å². The molecule has 0 unspecified atom stereocenters. The van der Waals surface area contributed by atoms with Gasteiger partial charge in [0.2, 0.25) is 0 Å². The highest BCUT2D eigenvalue weighted by molar-refractivity contribution is 6.07. The van der Waals surface area contributed by atoms with Gasteiger partial charge in [-0.05, 0) is 48.5 Å². The van der Waals surface area contributed by atoms with Gasteiger partial charge in [-0.25, -0.2) is 4.98 Å². The highest BCUT2D eigenvalue weighted by atomic mass is 16.5.